The first-order valence-electron chi connectivity index (χ1n) is 14.3. The van der Waals surface area contributed by atoms with Crippen molar-refractivity contribution in [2.75, 3.05) is 7.11 Å². The summed E-state index contributed by atoms with van der Waals surface area (Å²) in [6, 6.07) is 24.8. The second kappa shape index (κ2) is 10.8. The Hall–Kier alpha value is -3.72. The van der Waals surface area contributed by atoms with Gasteiger partial charge in [-0.3, -0.25) is 4.68 Å². The zero-order chi connectivity index (χ0) is 29.5. The fourth-order valence-corrected chi connectivity index (χ4v) is 6.81. The van der Waals surface area contributed by atoms with Gasteiger partial charge in [0, 0.05) is 17.6 Å². The number of allylic oxidation sites excluding steroid dienone is 4. The quantitative estimate of drug-likeness (QED) is 0.182. The zero-order valence-corrected chi connectivity index (χ0v) is 25.4. The van der Waals surface area contributed by atoms with Gasteiger partial charge in [-0.1, -0.05) is 85.0 Å². The van der Waals surface area contributed by atoms with E-state index < -0.39 is 23.9 Å². The highest BCUT2D eigenvalue weighted by molar-refractivity contribution is 7.17. The fourth-order valence-electron chi connectivity index (χ4n) is 5.88. The van der Waals surface area contributed by atoms with Crippen LogP contribution in [0.15, 0.2) is 103 Å². The molecule has 0 saturated carbocycles. The maximum atomic E-state index is 12.4. The molecule has 2 aromatic heterocycles. The van der Waals surface area contributed by atoms with E-state index in [1.165, 1.54) is 18.4 Å². The minimum atomic E-state index is -0.678. The third kappa shape index (κ3) is 4.68. The van der Waals surface area contributed by atoms with Crippen LogP contribution in [0.2, 0.25) is 0 Å². The van der Waals surface area contributed by atoms with Gasteiger partial charge < -0.3 is 14.0 Å². The second-order valence-electron chi connectivity index (χ2n) is 11.8. The first-order valence-corrected chi connectivity index (χ1v) is 15.1. The molecule has 1 unspecified atom stereocenters. The molecule has 1 saturated heterocycles. The fraction of sp³-hybridized carbons (Fsp3) is 0.294. The Labute approximate surface area is 251 Å². The second-order valence-corrected chi connectivity index (χ2v) is 12.9. The molecule has 0 amide bonds. The smallest absolute Gasteiger partial charge is 0.465 e. The van der Waals surface area contributed by atoms with E-state index in [-0.39, 0.29) is 11.9 Å². The number of carbonyl (C=O) groups excluding carboxylic acids is 1. The molecular formula is C34H35BN2O4S. The van der Waals surface area contributed by atoms with Gasteiger partial charge in [0.15, 0.2) is 0 Å². The number of benzene rings is 2. The van der Waals surface area contributed by atoms with E-state index in [0.29, 0.717) is 4.88 Å². The number of ether oxygens (including phenoxy) is 1. The van der Waals surface area contributed by atoms with Crippen molar-refractivity contribution in [1.82, 2.24) is 9.78 Å². The van der Waals surface area contributed by atoms with Crippen LogP contribution in [0.1, 0.15) is 54.9 Å². The number of methoxy groups -OCH3 is 1. The first kappa shape index (κ1) is 28.4. The molecule has 214 valence electrons. The van der Waals surface area contributed by atoms with Crippen molar-refractivity contribution in [3.63, 3.8) is 0 Å². The topological polar surface area (TPSA) is 62.6 Å². The number of aromatic nitrogens is 2. The first-order chi connectivity index (χ1) is 20.2. The number of carbonyl (C=O) groups is 1. The van der Waals surface area contributed by atoms with E-state index in [0.717, 1.165) is 33.6 Å². The highest BCUT2D eigenvalue weighted by atomic mass is 32.1. The lowest BCUT2D eigenvalue weighted by Crippen LogP contribution is -2.44. The van der Waals surface area contributed by atoms with Gasteiger partial charge >= 0.3 is 13.1 Å². The molecule has 3 heterocycles. The van der Waals surface area contributed by atoms with Crippen molar-refractivity contribution in [2.45, 2.75) is 50.9 Å². The summed E-state index contributed by atoms with van der Waals surface area (Å²) in [5.41, 5.74) is 2.04. The van der Waals surface area contributed by atoms with Gasteiger partial charge in [0.1, 0.15) is 16.1 Å². The van der Waals surface area contributed by atoms with E-state index >= 15 is 0 Å². The summed E-state index contributed by atoms with van der Waals surface area (Å²) in [5, 5.41) is 5.38. The van der Waals surface area contributed by atoms with E-state index in [2.05, 4.69) is 111 Å². The summed E-state index contributed by atoms with van der Waals surface area (Å²) in [4.78, 5) is 13.8. The number of esters is 1. The van der Waals surface area contributed by atoms with Crippen molar-refractivity contribution in [2.24, 2.45) is 5.92 Å². The molecule has 2 aliphatic rings. The molecule has 1 aliphatic carbocycles. The number of hydrogen-bond acceptors (Lipinski definition) is 6. The number of rotatable bonds is 7. The Balaban J connectivity index is 1.63. The van der Waals surface area contributed by atoms with Crippen molar-refractivity contribution < 1.29 is 18.8 Å². The molecule has 0 spiro atoms. The molecule has 8 heteroatoms. The molecular weight excluding hydrogens is 543 g/mol. The maximum absolute atomic E-state index is 12.4. The lowest BCUT2D eigenvalue weighted by Gasteiger charge is -2.41. The van der Waals surface area contributed by atoms with E-state index in [4.69, 9.17) is 19.1 Å². The Bertz CT molecular complexity index is 1580. The number of thiophene rings is 1. The third-order valence-corrected chi connectivity index (χ3v) is 9.85. The number of hydrogen-bond donors (Lipinski definition) is 0. The van der Waals surface area contributed by atoms with Crippen LogP contribution in [0.4, 0.5) is 0 Å². The van der Waals surface area contributed by atoms with Crippen molar-refractivity contribution >= 4 is 29.9 Å². The summed E-state index contributed by atoms with van der Waals surface area (Å²) >= 11 is 1.36. The summed E-state index contributed by atoms with van der Waals surface area (Å²) in [5.74, 6) is -0.301. The van der Waals surface area contributed by atoms with Gasteiger partial charge in [0.05, 0.1) is 23.2 Å². The molecule has 1 atom stereocenters. The molecule has 0 N–H and O–H groups in total. The van der Waals surface area contributed by atoms with Crippen LogP contribution in [-0.4, -0.2) is 41.2 Å². The lowest BCUT2D eigenvalue weighted by molar-refractivity contribution is 0.00578. The van der Waals surface area contributed by atoms with Gasteiger partial charge in [-0.2, -0.15) is 5.10 Å². The predicted molar refractivity (Wildman–Crippen MR) is 168 cm³/mol. The molecule has 1 aliphatic heterocycles. The van der Waals surface area contributed by atoms with E-state index in [9.17, 15) is 4.79 Å². The lowest BCUT2D eigenvalue weighted by atomic mass is 9.70. The maximum Gasteiger partial charge on any atom is 0.498 e. The SMILES string of the molecule is COC(=O)c1ccc(-c2nn(C(c3ccccc3)(c3ccccc3)C3C=CC=CC3)cc2B2OC(C)(C)C(C)(C)O2)s1. The molecule has 0 bridgehead atoms. The van der Waals surface area contributed by atoms with Gasteiger partial charge in [0.2, 0.25) is 0 Å². The van der Waals surface area contributed by atoms with Gasteiger partial charge in [-0.25, -0.2) is 4.79 Å². The highest BCUT2D eigenvalue weighted by Gasteiger charge is 2.54. The average Bonchev–Trinajstić information content (AvgIpc) is 3.71. The van der Waals surface area contributed by atoms with Crippen LogP contribution in [0.5, 0.6) is 0 Å². The Morgan fingerprint density at radius 1 is 0.952 bits per heavy atom. The summed E-state index contributed by atoms with van der Waals surface area (Å²) < 4.78 is 20.3. The van der Waals surface area contributed by atoms with Crippen LogP contribution in [0.25, 0.3) is 10.6 Å². The molecule has 4 aromatic rings. The van der Waals surface area contributed by atoms with Gasteiger partial charge in [-0.05, 0) is 57.4 Å². The normalized spacial score (nSPS) is 19.3. The van der Waals surface area contributed by atoms with Gasteiger partial charge in [0.25, 0.3) is 0 Å². The molecule has 2 aromatic carbocycles. The Kier molecular flexibility index (Phi) is 7.33. The van der Waals surface area contributed by atoms with E-state index in [1.807, 2.05) is 18.2 Å². The van der Waals surface area contributed by atoms with Crippen molar-refractivity contribution in [3.05, 3.63) is 119 Å². The highest BCUT2D eigenvalue weighted by Crippen LogP contribution is 2.45. The molecule has 0 radical (unpaired) electrons. The molecule has 6 rings (SSSR count). The average molecular weight is 579 g/mol. The Morgan fingerprint density at radius 2 is 1.57 bits per heavy atom. The van der Waals surface area contributed by atoms with E-state index in [1.54, 1.807) is 6.07 Å². The minimum absolute atomic E-state index is 0.0696. The predicted octanol–water partition coefficient (Wildman–Crippen LogP) is 6.62. The van der Waals surface area contributed by atoms with Crippen LogP contribution < -0.4 is 5.46 Å². The number of nitrogens with zero attached hydrogens (tertiary/aromatic N) is 2. The zero-order valence-electron chi connectivity index (χ0n) is 24.6. The minimum Gasteiger partial charge on any atom is -0.465 e. The molecule has 42 heavy (non-hydrogen) atoms. The van der Waals surface area contributed by atoms with Crippen LogP contribution in [0, 0.1) is 5.92 Å². The van der Waals surface area contributed by atoms with Gasteiger partial charge in [-0.15, -0.1) is 11.3 Å². The summed E-state index contributed by atoms with van der Waals surface area (Å²) in [6.07, 6.45) is 11.6. The monoisotopic (exact) mass is 578 g/mol. The van der Waals surface area contributed by atoms with Crippen LogP contribution in [0.3, 0.4) is 0 Å². The Morgan fingerprint density at radius 3 is 2.12 bits per heavy atom. The summed E-state index contributed by atoms with van der Waals surface area (Å²) in [7, 11) is 0.750. The third-order valence-electron chi connectivity index (χ3n) is 8.78. The van der Waals surface area contributed by atoms with Crippen molar-refractivity contribution in [1.29, 1.82) is 0 Å². The van der Waals surface area contributed by atoms with Crippen molar-refractivity contribution in [3.8, 4) is 10.6 Å². The largest absolute Gasteiger partial charge is 0.498 e. The molecule has 6 nitrogen and oxygen atoms in total. The summed E-state index contributed by atoms with van der Waals surface area (Å²) in [6.45, 7) is 8.20. The molecule has 1 fully saturated rings. The standard InChI is InChI=1S/C34H35BN2O4S/c1-32(2)33(3,4)41-35(40-32)27-23-37(36-30(27)28-21-22-29(42-28)31(38)39-5)34(24-15-9-6-10-16-24,25-17-11-7-12-18-25)26-19-13-8-14-20-26/h6-19,21-23,26H,20H2,1-5H3. The van der Waals surface area contributed by atoms with Crippen LogP contribution >= 0.6 is 11.3 Å². The van der Waals surface area contributed by atoms with Crippen LogP contribution in [-0.2, 0) is 19.6 Å².